The predicted octanol–water partition coefficient (Wildman–Crippen LogP) is 2.36. The van der Waals surface area contributed by atoms with Crippen molar-refractivity contribution in [2.45, 2.75) is 25.9 Å². The van der Waals surface area contributed by atoms with E-state index in [-0.39, 0.29) is 18.1 Å². The average Bonchev–Trinajstić information content (AvgIpc) is 2.30. The Kier molecular flexibility index (Phi) is 5.75. The molecule has 0 aromatic heterocycles. The summed E-state index contributed by atoms with van der Waals surface area (Å²) in [5, 5.41) is 9.15. The Labute approximate surface area is 115 Å². The highest BCUT2D eigenvalue weighted by atomic mass is 79.9. The van der Waals surface area contributed by atoms with E-state index in [0.717, 1.165) is 4.47 Å². The van der Waals surface area contributed by atoms with Crippen LogP contribution in [0.5, 0.6) is 0 Å². The number of benzene rings is 1. The summed E-state index contributed by atoms with van der Waals surface area (Å²) >= 11 is 3.25. The van der Waals surface area contributed by atoms with Crippen LogP contribution in [0, 0.1) is 5.82 Å². The van der Waals surface area contributed by atoms with Crippen LogP contribution in [0.4, 0.5) is 4.39 Å². The molecule has 0 saturated carbocycles. The number of carbonyl (C=O) groups is 1. The van der Waals surface area contributed by atoms with Crippen molar-refractivity contribution in [3.05, 3.63) is 34.1 Å². The molecule has 1 aromatic carbocycles. The molecule has 1 atom stereocenters. The van der Waals surface area contributed by atoms with Crippen LogP contribution in [-0.4, -0.2) is 35.6 Å². The zero-order valence-corrected chi connectivity index (χ0v) is 12.1. The number of nitrogens with zero attached hydrogens (tertiary/aromatic N) is 1. The Morgan fingerprint density at radius 3 is 2.83 bits per heavy atom. The van der Waals surface area contributed by atoms with E-state index >= 15 is 0 Å². The molecule has 1 unspecified atom stereocenters. The summed E-state index contributed by atoms with van der Waals surface area (Å²) in [6, 6.07) is 4.54. The molecule has 1 aromatic rings. The van der Waals surface area contributed by atoms with Gasteiger partial charge in [0.05, 0.1) is 12.5 Å². The van der Waals surface area contributed by atoms with Crippen LogP contribution in [-0.2, 0) is 11.2 Å². The van der Waals surface area contributed by atoms with Gasteiger partial charge in [0.2, 0.25) is 5.91 Å². The number of halogens is 2. The highest BCUT2D eigenvalue weighted by molar-refractivity contribution is 9.10. The third kappa shape index (κ3) is 4.74. The van der Waals surface area contributed by atoms with E-state index in [1.54, 1.807) is 26.1 Å². The molecule has 5 heteroatoms. The maximum absolute atomic E-state index is 13.5. The van der Waals surface area contributed by atoms with Gasteiger partial charge in [0.1, 0.15) is 5.82 Å². The molecular weight excluding hydrogens is 301 g/mol. The number of aliphatic hydroxyl groups is 1. The Morgan fingerprint density at radius 2 is 2.22 bits per heavy atom. The van der Waals surface area contributed by atoms with E-state index in [0.29, 0.717) is 18.5 Å². The van der Waals surface area contributed by atoms with Crippen LogP contribution in [0.2, 0.25) is 0 Å². The second-order valence-corrected chi connectivity index (χ2v) is 5.28. The van der Waals surface area contributed by atoms with Gasteiger partial charge in [-0.2, -0.15) is 0 Å². The minimum Gasteiger partial charge on any atom is -0.393 e. The van der Waals surface area contributed by atoms with Gasteiger partial charge in [-0.15, -0.1) is 0 Å². The van der Waals surface area contributed by atoms with Gasteiger partial charge in [-0.3, -0.25) is 4.79 Å². The van der Waals surface area contributed by atoms with Crippen molar-refractivity contribution < 1.29 is 14.3 Å². The van der Waals surface area contributed by atoms with Crippen molar-refractivity contribution >= 4 is 21.8 Å². The number of carbonyl (C=O) groups excluding carboxylic acids is 1. The Balaban J connectivity index is 2.61. The van der Waals surface area contributed by atoms with E-state index in [2.05, 4.69) is 15.9 Å². The summed E-state index contributed by atoms with van der Waals surface area (Å²) < 4.78 is 14.2. The fourth-order valence-electron chi connectivity index (χ4n) is 1.48. The van der Waals surface area contributed by atoms with Crippen molar-refractivity contribution in [1.29, 1.82) is 0 Å². The molecule has 0 aliphatic heterocycles. The lowest BCUT2D eigenvalue weighted by atomic mass is 10.1. The largest absolute Gasteiger partial charge is 0.393 e. The van der Waals surface area contributed by atoms with Crippen LogP contribution < -0.4 is 0 Å². The third-order valence-electron chi connectivity index (χ3n) is 2.66. The fourth-order valence-corrected chi connectivity index (χ4v) is 1.89. The number of aliphatic hydroxyl groups excluding tert-OH is 1. The van der Waals surface area contributed by atoms with E-state index in [9.17, 15) is 9.18 Å². The Hall–Kier alpha value is -0.940. The SMILES string of the molecule is CC(O)CCN(C)C(=O)Cc1cc(Br)ccc1F. The lowest BCUT2D eigenvalue weighted by Crippen LogP contribution is -2.30. The second-order valence-electron chi connectivity index (χ2n) is 4.37. The lowest BCUT2D eigenvalue weighted by molar-refractivity contribution is -0.129. The maximum Gasteiger partial charge on any atom is 0.226 e. The quantitative estimate of drug-likeness (QED) is 0.905. The molecule has 3 nitrogen and oxygen atoms in total. The van der Waals surface area contributed by atoms with Crippen molar-refractivity contribution in [1.82, 2.24) is 4.90 Å². The molecule has 0 aliphatic carbocycles. The van der Waals surface area contributed by atoms with Crippen LogP contribution in [0.25, 0.3) is 0 Å². The lowest BCUT2D eigenvalue weighted by Gasteiger charge is -2.18. The first-order valence-electron chi connectivity index (χ1n) is 5.76. The van der Waals surface area contributed by atoms with Gasteiger partial charge in [0.25, 0.3) is 0 Å². The minimum atomic E-state index is -0.442. The maximum atomic E-state index is 13.5. The smallest absolute Gasteiger partial charge is 0.226 e. The van der Waals surface area contributed by atoms with Gasteiger partial charge in [0.15, 0.2) is 0 Å². The van der Waals surface area contributed by atoms with Gasteiger partial charge in [0, 0.05) is 18.1 Å². The van der Waals surface area contributed by atoms with Gasteiger partial charge < -0.3 is 10.0 Å². The summed E-state index contributed by atoms with van der Waals surface area (Å²) in [6.07, 6.45) is 0.105. The van der Waals surface area contributed by atoms with E-state index in [1.165, 1.54) is 11.0 Å². The monoisotopic (exact) mass is 317 g/mol. The van der Waals surface area contributed by atoms with Gasteiger partial charge >= 0.3 is 0 Å². The Morgan fingerprint density at radius 1 is 1.56 bits per heavy atom. The first-order chi connectivity index (χ1) is 8.40. The second kappa shape index (κ2) is 6.85. The minimum absolute atomic E-state index is 0.0293. The van der Waals surface area contributed by atoms with Crippen molar-refractivity contribution in [3.8, 4) is 0 Å². The van der Waals surface area contributed by atoms with Crippen molar-refractivity contribution in [2.24, 2.45) is 0 Å². The number of hydrogen-bond acceptors (Lipinski definition) is 2. The molecule has 0 aliphatic rings. The Bertz CT molecular complexity index is 423. The first kappa shape index (κ1) is 15.1. The normalized spacial score (nSPS) is 12.3. The van der Waals surface area contributed by atoms with Crippen molar-refractivity contribution in [2.75, 3.05) is 13.6 Å². The van der Waals surface area contributed by atoms with Gasteiger partial charge in [-0.1, -0.05) is 15.9 Å². The van der Waals surface area contributed by atoms with E-state index < -0.39 is 6.10 Å². The molecule has 0 radical (unpaired) electrons. The first-order valence-corrected chi connectivity index (χ1v) is 6.55. The van der Waals surface area contributed by atoms with Gasteiger partial charge in [-0.05, 0) is 37.1 Å². The zero-order valence-electron chi connectivity index (χ0n) is 10.5. The van der Waals surface area contributed by atoms with Crippen LogP contribution in [0.3, 0.4) is 0 Å². The van der Waals surface area contributed by atoms with Crippen LogP contribution >= 0.6 is 15.9 Å². The summed E-state index contributed by atoms with van der Waals surface area (Å²) in [6.45, 7) is 2.14. The topological polar surface area (TPSA) is 40.5 Å². The zero-order chi connectivity index (χ0) is 13.7. The number of amides is 1. The summed E-state index contributed by atoms with van der Waals surface area (Å²) in [5.41, 5.74) is 0.373. The molecule has 100 valence electrons. The number of rotatable bonds is 5. The summed E-state index contributed by atoms with van der Waals surface area (Å²) in [4.78, 5) is 13.4. The highest BCUT2D eigenvalue weighted by Crippen LogP contribution is 2.16. The molecular formula is C13H17BrFNO2. The molecule has 0 saturated heterocycles. The van der Waals surface area contributed by atoms with Crippen molar-refractivity contribution in [3.63, 3.8) is 0 Å². The molecule has 1 N–H and O–H groups in total. The molecule has 0 spiro atoms. The molecule has 0 heterocycles. The molecule has 1 amide bonds. The number of likely N-dealkylation sites (N-methyl/N-ethyl adjacent to an activating group) is 1. The summed E-state index contributed by atoms with van der Waals surface area (Å²) in [5.74, 6) is -0.539. The molecule has 18 heavy (non-hydrogen) atoms. The summed E-state index contributed by atoms with van der Waals surface area (Å²) in [7, 11) is 1.65. The van der Waals surface area contributed by atoms with Crippen LogP contribution in [0.15, 0.2) is 22.7 Å². The van der Waals surface area contributed by atoms with Crippen LogP contribution in [0.1, 0.15) is 18.9 Å². The van der Waals surface area contributed by atoms with Gasteiger partial charge in [-0.25, -0.2) is 4.39 Å². The fraction of sp³-hybridized carbons (Fsp3) is 0.462. The third-order valence-corrected chi connectivity index (χ3v) is 3.15. The average molecular weight is 318 g/mol. The molecule has 0 bridgehead atoms. The molecule has 1 rings (SSSR count). The molecule has 0 fully saturated rings. The highest BCUT2D eigenvalue weighted by Gasteiger charge is 2.13. The van der Waals surface area contributed by atoms with E-state index in [1.807, 2.05) is 0 Å². The van der Waals surface area contributed by atoms with E-state index in [4.69, 9.17) is 5.11 Å². The number of hydrogen-bond donors (Lipinski definition) is 1. The predicted molar refractivity (Wildman–Crippen MR) is 71.7 cm³/mol. The standard InChI is InChI=1S/C13H17BrFNO2/c1-9(17)5-6-16(2)13(18)8-10-7-11(14)3-4-12(10)15/h3-4,7,9,17H,5-6,8H2,1-2H3.